The van der Waals surface area contributed by atoms with Gasteiger partial charge in [0, 0.05) is 16.2 Å². The molecule has 1 unspecified atom stereocenters. The fraction of sp³-hybridized carbons (Fsp3) is 0.179. The number of ether oxygens (including phenoxy) is 1. The predicted octanol–water partition coefficient (Wildman–Crippen LogP) is 6.48. The van der Waals surface area contributed by atoms with E-state index in [2.05, 4.69) is 10.5 Å². The molecule has 0 saturated heterocycles. The molecule has 0 bridgehead atoms. The predicted molar refractivity (Wildman–Crippen MR) is 142 cm³/mol. The van der Waals surface area contributed by atoms with Crippen molar-refractivity contribution in [3.05, 3.63) is 95.5 Å². The molecule has 182 valence electrons. The number of methoxy groups -OCH3 is 1. The lowest BCUT2D eigenvalue weighted by atomic mass is 9.94. The SMILES string of the molecule is COc1ccc(C2NC(=O)N(c3ccc(C)cc3)C(C)=C2c2nc(-c3ccc(SC)cc3)no2)cc1. The molecule has 7 nitrogen and oxygen atoms in total. The highest BCUT2D eigenvalue weighted by molar-refractivity contribution is 7.98. The Hall–Kier alpha value is -4.04. The number of urea groups is 1. The molecule has 0 aliphatic carbocycles. The van der Waals surface area contributed by atoms with Crippen molar-refractivity contribution in [3.63, 3.8) is 0 Å². The van der Waals surface area contributed by atoms with Crippen LogP contribution in [-0.4, -0.2) is 29.5 Å². The first-order valence-electron chi connectivity index (χ1n) is 11.5. The number of allylic oxidation sites excluding steroid dienone is 1. The van der Waals surface area contributed by atoms with Crippen molar-refractivity contribution in [2.24, 2.45) is 0 Å². The van der Waals surface area contributed by atoms with Crippen LogP contribution in [0.25, 0.3) is 17.0 Å². The van der Waals surface area contributed by atoms with Crippen LogP contribution in [0, 0.1) is 6.92 Å². The molecule has 1 aliphatic rings. The number of amides is 2. The van der Waals surface area contributed by atoms with Crippen molar-refractivity contribution >= 4 is 29.1 Å². The number of aromatic nitrogens is 2. The second-order valence-electron chi connectivity index (χ2n) is 8.48. The zero-order valence-corrected chi connectivity index (χ0v) is 21.3. The second-order valence-corrected chi connectivity index (χ2v) is 9.36. The van der Waals surface area contributed by atoms with Gasteiger partial charge in [-0.1, -0.05) is 35.0 Å². The Kier molecular flexibility index (Phi) is 6.52. The third-order valence-corrected chi connectivity index (χ3v) is 6.97. The Balaban J connectivity index is 1.62. The Bertz CT molecular complexity index is 1410. The van der Waals surface area contributed by atoms with Crippen LogP contribution < -0.4 is 15.0 Å². The number of nitrogens with zero attached hydrogens (tertiary/aromatic N) is 3. The zero-order chi connectivity index (χ0) is 25.2. The first-order valence-corrected chi connectivity index (χ1v) is 12.7. The van der Waals surface area contributed by atoms with Gasteiger partial charge in [0.25, 0.3) is 5.89 Å². The first-order chi connectivity index (χ1) is 17.5. The van der Waals surface area contributed by atoms with E-state index in [1.54, 1.807) is 23.8 Å². The lowest BCUT2D eigenvalue weighted by Crippen LogP contribution is -2.46. The fourth-order valence-corrected chi connectivity index (χ4v) is 4.67. The molecule has 3 aromatic carbocycles. The molecule has 5 rings (SSSR count). The van der Waals surface area contributed by atoms with Gasteiger partial charge in [-0.05, 0) is 74.2 Å². The number of hydrogen-bond donors (Lipinski definition) is 1. The Morgan fingerprint density at radius 1 is 0.972 bits per heavy atom. The van der Waals surface area contributed by atoms with Crippen molar-refractivity contribution < 1.29 is 14.1 Å². The number of anilines is 1. The van der Waals surface area contributed by atoms with Crippen LogP contribution in [0.4, 0.5) is 10.5 Å². The van der Waals surface area contributed by atoms with Gasteiger partial charge >= 0.3 is 6.03 Å². The van der Waals surface area contributed by atoms with Gasteiger partial charge in [0.2, 0.25) is 5.82 Å². The van der Waals surface area contributed by atoms with Gasteiger partial charge in [0.1, 0.15) is 5.75 Å². The summed E-state index contributed by atoms with van der Waals surface area (Å²) in [6.45, 7) is 3.92. The summed E-state index contributed by atoms with van der Waals surface area (Å²) in [7, 11) is 1.62. The molecular weight excluding hydrogens is 472 g/mol. The molecule has 8 heteroatoms. The monoisotopic (exact) mass is 498 g/mol. The summed E-state index contributed by atoms with van der Waals surface area (Å²) in [5.74, 6) is 1.58. The standard InChI is InChI=1S/C28H26N4O3S/c1-17-5-11-21(12-6-17)32-18(2)24(25(29-28(32)33)19-7-13-22(34-3)14-8-19)27-30-26(31-35-27)20-9-15-23(36-4)16-10-20/h5-16,25H,1-4H3,(H,29,33). The normalized spacial score (nSPS) is 15.7. The minimum Gasteiger partial charge on any atom is -0.497 e. The Labute approximate surface area is 214 Å². The van der Waals surface area contributed by atoms with Crippen LogP contribution in [0.3, 0.4) is 0 Å². The average Bonchev–Trinajstić information content (AvgIpc) is 3.39. The van der Waals surface area contributed by atoms with Crippen LogP contribution in [0.1, 0.15) is 30.0 Å². The molecule has 0 fully saturated rings. The van der Waals surface area contributed by atoms with E-state index in [0.29, 0.717) is 11.7 Å². The number of rotatable bonds is 6. The molecule has 0 spiro atoms. The van der Waals surface area contributed by atoms with Crippen molar-refractivity contribution in [2.45, 2.75) is 24.8 Å². The number of carbonyl (C=O) groups excluding carboxylic acids is 1. The van der Waals surface area contributed by atoms with Gasteiger partial charge in [-0.3, -0.25) is 4.90 Å². The summed E-state index contributed by atoms with van der Waals surface area (Å²) in [4.78, 5) is 20.9. The van der Waals surface area contributed by atoms with Crippen LogP contribution in [0.15, 0.2) is 87.9 Å². The number of aryl methyl sites for hydroxylation is 1. The van der Waals surface area contributed by atoms with Gasteiger partial charge in [0.15, 0.2) is 0 Å². The Morgan fingerprint density at radius 3 is 2.31 bits per heavy atom. The lowest BCUT2D eigenvalue weighted by molar-refractivity contribution is 0.244. The third-order valence-electron chi connectivity index (χ3n) is 6.23. The third kappa shape index (κ3) is 4.47. The van der Waals surface area contributed by atoms with Crippen LogP contribution in [-0.2, 0) is 0 Å². The maximum absolute atomic E-state index is 13.3. The summed E-state index contributed by atoms with van der Waals surface area (Å²) in [6.07, 6.45) is 2.03. The molecule has 1 aromatic heterocycles. The average molecular weight is 499 g/mol. The minimum absolute atomic E-state index is 0.228. The lowest BCUT2D eigenvalue weighted by Gasteiger charge is -2.35. The van der Waals surface area contributed by atoms with E-state index in [0.717, 1.165) is 44.3 Å². The number of thioether (sulfide) groups is 1. The van der Waals surface area contributed by atoms with E-state index in [1.165, 1.54) is 0 Å². The van der Waals surface area contributed by atoms with Gasteiger partial charge in [0.05, 0.1) is 24.4 Å². The zero-order valence-electron chi connectivity index (χ0n) is 20.5. The highest BCUT2D eigenvalue weighted by atomic mass is 32.2. The Morgan fingerprint density at radius 2 is 1.67 bits per heavy atom. The molecule has 1 atom stereocenters. The minimum atomic E-state index is -0.475. The number of carbonyl (C=O) groups is 1. The quantitative estimate of drug-likeness (QED) is 0.307. The van der Waals surface area contributed by atoms with E-state index in [9.17, 15) is 4.79 Å². The maximum Gasteiger partial charge on any atom is 0.326 e. The van der Waals surface area contributed by atoms with E-state index < -0.39 is 6.04 Å². The smallest absolute Gasteiger partial charge is 0.326 e. The largest absolute Gasteiger partial charge is 0.497 e. The summed E-state index contributed by atoms with van der Waals surface area (Å²) in [5, 5.41) is 7.39. The van der Waals surface area contributed by atoms with E-state index in [4.69, 9.17) is 14.2 Å². The highest BCUT2D eigenvalue weighted by Gasteiger charge is 2.36. The van der Waals surface area contributed by atoms with E-state index in [-0.39, 0.29) is 6.03 Å². The van der Waals surface area contributed by atoms with E-state index in [1.807, 2.05) is 92.9 Å². The summed E-state index contributed by atoms with van der Waals surface area (Å²) < 4.78 is 11.1. The number of hydrogen-bond acceptors (Lipinski definition) is 6. The van der Waals surface area contributed by atoms with Crippen molar-refractivity contribution in [1.29, 1.82) is 0 Å². The number of nitrogens with one attached hydrogen (secondary N) is 1. The fourth-order valence-electron chi connectivity index (χ4n) is 4.26. The molecule has 1 N–H and O–H groups in total. The van der Waals surface area contributed by atoms with Gasteiger partial charge in [-0.15, -0.1) is 11.8 Å². The van der Waals surface area contributed by atoms with Crippen LogP contribution in [0.5, 0.6) is 5.75 Å². The van der Waals surface area contributed by atoms with Gasteiger partial charge < -0.3 is 14.6 Å². The van der Waals surface area contributed by atoms with Crippen molar-refractivity contribution in [1.82, 2.24) is 15.5 Å². The summed E-state index contributed by atoms with van der Waals surface area (Å²) in [5.41, 5.74) is 5.07. The molecule has 2 heterocycles. The molecule has 4 aromatic rings. The van der Waals surface area contributed by atoms with Crippen LogP contribution in [0.2, 0.25) is 0 Å². The topological polar surface area (TPSA) is 80.5 Å². The molecule has 1 aliphatic heterocycles. The van der Waals surface area contributed by atoms with Crippen LogP contribution >= 0.6 is 11.8 Å². The molecular formula is C28H26N4O3S. The van der Waals surface area contributed by atoms with Crippen molar-refractivity contribution in [2.75, 3.05) is 18.3 Å². The molecule has 36 heavy (non-hydrogen) atoms. The van der Waals surface area contributed by atoms with Crippen molar-refractivity contribution in [3.8, 4) is 17.1 Å². The first kappa shape index (κ1) is 23.7. The van der Waals surface area contributed by atoms with E-state index >= 15 is 0 Å². The summed E-state index contributed by atoms with van der Waals surface area (Å²) >= 11 is 1.67. The van der Waals surface area contributed by atoms with Gasteiger partial charge in [-0.25, -0.2) is 4.79 Å². The van der Waals surface area contributed by atoms with Gasteiger partial charge in [-0.2, -0.15) is 4.98 Å². The second kappa shape index (κ2) is 9.91. The number of benzene rings is 3. The highest BCUT2D eigenvalue weighted by Crippen LogP contribution is 2.39. The molecule has 0 radical (unpaired) electrons. The molecule has 2 amide bonds. The molecule has 0 saturated carbocycles. The maximum atomic E-state index is 13.3. The summed E-state index contributed by atoms with van der Waals surface area (Å²) in [6, 6.07) is 22.7.